The molecule has 22 heavy (non-hydrogen) atoms. The summed E-state index contributed by atoms with van der Waals surface area (Å²) >= 11 is 0. The molecule has 0 unspecified atom stereocenters. The minimum atomic E-state index is -3.67. The third-order valence-electron chi connectivity index (χ3n) is 3.99. The van der Waals surface area contributed by atoms with Gasteiger partial charge in [0.15, 0.2) is 0 Å². The number of benzene rings is 2. The number of nitrogens with zero attached hydrogens (tertiary/aromatic N) is 2. The zero-order valence-electron chi connectivity index (χ0n) is 13.1. The van der Waals surface area contributed by atoms with Crippen LogP contribution in [0.2, 0.25) is 0 Å². The second-order valence-electron chi connectivity index (χ2n) is 5.62. The average Bonchev–Trinajstić information content (AvgIpc) is 2.79. The van der Waals surface area contributed by atoms with Crippen LogP contribution in [0.5, 0.6) is 0 Å². The van der Waals surface area contributed by atoms with Crippen LogP contribution in [0.3, 0.4) is 0 Å². The SMILES string of the molecule is Cc1cc(C)c(S(=O)(=O)n2c(C)nc3ccccc32)cc1C. The highest BCUT2D eigenvalue weighted by Gasteiger charge is 2.24. The Kier molecular flexibility index (Phi) is 3.33. The summed E-state index contributed by atoms with van der Waals surface area (Å²) in [6.07, 6.45) is 0. The summed E-state index contributed by atoms with van der Waals surface area (Å²) in [6, 6.07) is 10.9. The zero-order valence-corrected chi connectivity index (χ0v) is 13.9. The molecule has 4 nitrogen and oxygen atoms in total. The Hall–Kier alpha value is -2.14. The molecule has 0 atom stereocenters. The molecule has 0 N–H and O–H groups in total. The average molecular weight is 314 g/mol. The van der Waals surface area contributed by atoms with E-state index in [1.54, 1.807) is 19.1 Å². The molecule has 0 fully saturated rings. The Bertz CT molecular complexity index is 985. The van der Waals surface area contributed by atoms with Crippen molar-refractivity contribution in [3.8, 4) is 0 Å². The van der Waals surface area contributed by atoms with E-state index in [4.69, 9.17) is 0 Å². The smallest absolute Gasteiger partial charge is 0.232 e. The van der Waals surface area contributed by atoms with Gasteiger partial charge in [-0.05, 0) is 62.6 Å². The second kappa shape index (κ2) is 4.95. The highest BCUT2D eigenvalue weighted by atomic mass is 32.2. The predicted molar refractivity (Wildman–Crippen MR) is 87.7 cm³/mol. The summed E-state index contributed by atoms with van der Waals surface area (Å²) in [7, 11) is -3.67. The molecular weight excluding hydrogens is 296 g/mol. The molecule has 0 spiro atoms. The summed E-state index contributed by atoms with van der Waals surface area (Å²) in [5.41, 5.74) is 4.10. The van der Waals surface area contributed by atoms with Crippen LogP contribution in [0.1, 0.15) is 22.5 Å². The first-order valence-corrected chi connectivity index (χ1v) is 8.54. The number of rotatable bonds is 2. The Morgan fingerprint density at radius 2 is 1.55 bits per heavy atom. The molecule has 0 aliphatic rings. The standard InChI is InChI=1S/C17H18N2O2S/c1-11-9-13(3)17(10-12(11)2)22(20,21)19-14(4)18-15-7-5-6-8-16(15)19/h5-10H,1-4H3. The maximum absolute atomic E-state index is 13.1. The van der Waals surface area contributed by atoms with Crippen LogP contribution in [-0.2, 0) is 10.0 Å². The molecule has 1 aromatic heterocycles. The summed E-state index contributed by atoms with van der Waals surface area (Å²) in [4.78, 5) is 4.69. The van der Waals surface area contributed by atoms with Crippen LogP contribution in [0, 0.1) is 27.7 Å². The summed E-state index contributed by atoms with van der Waals surface area (Å²) in [5.74, 6) is 0.471. The van der Waals surface area contributed by atoms with E-state index in [0.717, 1.165) is 16.7 Å². The first-order valence-electron chi connectivity index (χ1n) is 7.10. The van der Waals surface area contributed by atoms with Crippen molar-refractivity contribution in [3.63, 3.8) is 0 Å². The van der Waals surface area contributed by atoms with E-state index >= 15 is 0 Å². The van der Waals surface area contributed by atoms with E-state index in [2.05, 4.69) is 4.98 Å². The number of hydrogen-bond donors (Lipinski definition) is 0. The third kappa shape index (κ3) is 2.13. The summed E-state index contributed by atoms with van der Waals surface area (Å²) in [5, 5.41) is 0. The molecule has 3 aromatic rings. The molecule has 0 saturated heterocycles. The lowest BCUT2D eigenvalue weighted by molar-refractivity contribution is 0.586. The molecule has 1 heterocycles. The molecule has 3 rings (SSSR count). The lowest BCUT2D eigenvalue weighted by atomic mass is 10.1. The number of hydrogen-bond acceptors (Lipinski definition) is 3. The number of fused-ring (bicyclic) bond motifs is 1. The van der Waals surface area contributed by atoms with Crippen molar-refractivity contribution < 1.29 is 8.42 Å². The molecule has 114 valence electrons. The zero-order chi connectivity index (χ0) is 16.1. The van der Waals surface area contributed by atoms with E-state index in [0.29, 0.717) is 21.8 Å². The molecule has 0 aliphatic heterocycles. The van der Waals surface area contributed by atoms with Gasteiger partial charge in [0.05, 0.1) is 15.9 Å². The third-order valence-corrected chi connectivity index (χ3v) is 5.92. The van der Waals surface area contributed by atoms with Crippen molar-refractivity contribution >= 4 is 21.1 Å². The molecule has 5 heteroatoms. The van der Waals surface area contributed by atoms with Crippen LogP contribution in [0.15, 0.2) is 41.3 Å². The number of imidazole rings is 1. The largest absolute Gasteiger partial charge is 0.269 e. The van der Waals surface area contributed by atoms with Gasteiger partial charge in [0.2, 0.25) is 0 Å². The van der Waals surface area contributed by atoms with Crippen molar-refractivity contribution in [3.05, 3.63) is 58.9 Å². The van der Waals surface area contributed by atoms with Gasteiger partial charge in [-0.2, -0.15) is 0 Å². The Morgan fingerprint density at radius 3 is 2.27 bits per heavy atom. The number of aromatic nitrogens is 2. The van der Waals surface area contributed by atoms with Crippen LogP contribution in [-0.4, -0.2) is 17.4 Å². The lowest BCUT2D eigenvalue weighted by Gasteiger charge is -2.13. The monoisotopic (exact) mass is 314 g/mol. The van der Waals surface area contributed by atoms with E-state index < -0.39 is 10.0 Å². The van der Waals surface area contributed by atoms with Gasteiger partial charge in [0.25, 0.3) is 10.0 Å². The van der Waals surface area contributed by atoms with Crippen LogP contribution < -0.4 is 0 Å². The number of aryl methyl sites for hydroxylation is 4. The Morgan fingerprint density at radius 1 is 0.909 bits per heavy atom. The maximum atomic E-state index is 13.1. The van der Waals surface area contributed by atoms with Crippen LogP contribution in [0.4, 0.5) is 0 Å². The van der Waals surface area contributed by atoms with E-state index in [1.807, 2.05) is 45.0 Å². The van der Waals surface area contributed by atoms with E-state index in [-0.39, 0.29) is 0 Å². The summed E-state index contributed by atoms with van der Waals surface area (Å²) in [6.45, 7) is 7.45. The Balaban J connectivity index is 2.34. The van der Waals surface area contributed by atoms with Crippen molar-refractivity contribution in [2.45, 2.75) is 32.6 Å². The normalized spacial score (nSPS) is 12.0. The topological polar surface area (TPSA) is 52.0 Å². The van der Waals surface area contributed by atoms with Gasteiger partial charge in [0.1, 0.15) is 5.82 Å². The first-order chi connectivity index (χ1) is 10.3. The van der Waals surface area contributed by atoms with Gasteiger partial charge < -0.3 is 0 Å². The van der Waals surface area contributed by atoms with E-state index in [9.17, 15) is 8.42 Å². The van der Waals surface area contributed by atoms with Gasteiger partial charge in [-0.3, -0.25) is 0 Å². The minimum absolute atomic E-state index is 0.335. The van der Waals surface area contributed by atoms with Crippen molar-refractivity contribution in [1.29, 1.82) is 0 Å². The van der Waals surface area contributed by atoms with Gasteiger partial charge in [0, 0.05) is 0 Å². The first kappa shape index (κ1) is 14.8. The minimum Gasteiger partial charge on any atom is -0.232 e. The van der Waals surface area contributed by atoms with Gasteiger partial charge in [-0.1, -0.05) is 18.2 Å². The molecule has 0 amide bonds. The van der Waals surface area contributed by atoms with Crippen LogP contribution >= 0.6 is 0 Å². The van der Waals surface area contributed by atoms with Crippen molar-refractivity contribution in [1.82, 2.24) is 8.96 Å². The van der Waals surface area contributed by atoms with Gasteiger partial charge >= 0.3 is 0 Å². The molecule has 0 radical (unpaired) electrons. The maximum Gasteiger partial charge on any atom is 0.269 e. The molecule has 0 bridgehead atoms. The molecular formula is C17H18N2O2S. The fourth-order valence-electron chi connectivity index (χ4n) is 2.74. The van der Waals surface area contributed by atoms with E-state index in [1.165, 1.54) is 3.97 Å². The van der Waals surface area contributed by atoms with Crippen molar-refractivity contribution in [2.75, 3.05) is 0 Å². The molecule has 2 aromatic carbocycles. The Labute approximate surface area is 130 Å². The highest BCUT2D eigenvalue weighted by Crippen LogP contribution is 2.26. The molecule has 0 aliphatic carbocycles. The predicted octanol–water partition coefficient (Wildman–Crippen LogP) is 3.51. The van der Waals surface area contributed by atoms with Crippen LogP contribution in [0.25, 0.3) is 11.0 Å². The quantitative estimate of drug-likeness (QED) is 0.727. The van der Waals surface area contributed by atoms with Gasteiger partial charge in [-0.25, -0.2) is 17.4 Å². The lowest BCUT2D eigenvalue weighted by Crippen LogP contribution is -2.16. The summed E-state index contributed by atoms with van der Waals surface area (Å²) < 4.78 is 27.6. The second-order valence-corrected chi connectivity index (χ2v) is 7.37. The fraction of sp³-hybridized carbons (Fsp3) is 0.235. The van der Waals surface area contributed by atoms with Gasteiger partial charge in [-0.15, -0.1) is 0 Å². The van der Waals surface area contributed by atoms with Crippen molar-refractivity contribution in [2.24, 2.45) is 0 Å². The number of para-hydroxylation sites is 2. The fourth-order valence-corrected chi connectivity index (χ4v) is 4.53. The molecule has 0 saturated carbocycles. The highest BCUT2D eigenvalue weighted by molar-refractivity contribution is 7.90.